The van der Waals surface area contributed by atoms with Gasteiger partial charge in [-0.05, 0) is 17.7 Å². The zero-order valence-corrected chi connectivity index (χ0v) is 12.9. The SMILES string of the molecule is Nc1nc(Cl)c(C(=O)NCc2cc(F)c(F)cc2Br)s1. The van der Waals surface area contributed by atoms with Crippen molar-refractivity contribution in [3.8, 4) is 0 Å². The molecule has 0 spiro atoms. The molecule has 0 aliphatic carbocycles. The Bertz CT molecular complexity index is 680. The summed E-state index contributed by atoms with van der Waals surface area (Å²) in [7, 11) is 0. The molecule has 0 atom stereocenters. The van der Waals surface area contributed by atoms with Crippen LogP contribution in [0.3, 0.4) is 0 Å². The second-order valence-electron chi connectivity index (χ2n) is 3.71. The average Bonchev–Trinajstić information content (AvgIpc) is 2.71. The molecule has 2 aromatic rings. The predicted molar refractivity (Wildman–Crippen MR) is 76.8 cm³/mol. The molecule has 20 heavy (non-hydrogen) atoms. The number of carbonyl (C=O) groups excluding carboxylic acids is 1. The van der Waals surface area contributed by atoms with E-state index in [0.29, 0.717) is 10.0 Å². The first-order valence-corrected chi connectivity index (χ1v) is 7.20. The standard InChI is InChI=1S/C11H7BrClF2N3OS/c12-5-2-7(15)6(14)1-4(5)3-17-10(19)8-9(13)18-11(16)20-8/h1-2H,3H2,(H2,16,18)(H,17,19). The average molecular weight is 383 g/mol. The van der Waals surface area contributed by atoms with Gasteiger partial charge in [0.25, 0.3) is 5.91 Å². The van der Waals surface area contributed by atoms with Gasteiger partial charge in [-0.15, -0.1) is 0 Å². The van der Waals surface area contributed by atoms with Crippen molar-refractivity contribution in [2.75, 3.05) is 5.73 Å². The minimum Gasteiger partial charge on any atom is -0.375 e. The summed E-state index contributed by atoms with van der Waals surface area (Å²) in [5.41, 5.74) is 5.82. The van der Waals surface area contributed by atoms with Gasteiger partial charge in [0.05, 0.1) is 0 Å². The molecule has 1 aromatic carbocycles. The van der Waals surface area contributed by atoms with Crippen LogP contribution < -0.4 is 11.1 Å². The number of nitrogen functional groups attached to an aromatic ring is 1. The molecule has 0 bridgehead atoms. The molecule has 0 unspecified atom stereocenters. The van der Waals surface area contributed by atoms with Crippen LogP contribution in [-0.4, -0.2) is 10.9 Å². The van der Waals surface area contributed by atoms with Gasteiger partial charge >= 0.3 is 0 Å². The first-order chi connectivity index (χ1) is 9.38. The number of amides is 1. The smallest absolute Gasteiger partial charge is 0.264 e. The molecule has 0 saturated heterocycles. The van der Waals surface area contributed by atoms with Crippen molar-refractivity contribution >= 4 is 49.9 Å². The molecular weight excluding hydrogens is 376 g/mol. The molecule has 4 nitrogen and oxygen atoms in total. The van der Waals surface area contributed by atoms with E-state index in [1.807, 2.05) is 0 Å². The number of carbonyl (C=O) groups is 1. The van der Waals surface area contributed by atoms with E-state index in [4.69, 9.17) is 17.3 Å². The van der Waals surface area contributed by atoms with Crippen LogP contribution in [0.4, 0.5) is 13.9 Å². The molecular formula is C11H7BrClF2N3OS. The van der Waals surface area contributed by atoms with E-state index in [9.17, 15) is 13.6 Å². The molecule has 0 radical (unpaired) electrons. The number of hydrogen-bond acceptors (Lipinski definition) is 4. The van der Waals surface area contributed by atoms with Gasteiger partial charge < -0.3 is 11.1 Å². The number of halogens is 4. The minimum atomic E-state index is -0.988. The third kappa shape index (κ3) is 3.25. The first-order valence-electron chi connectivity index (χ1n) is 5.22. The zero-order chi connectivity index (χ0) is 14.9. The fourth-order valence-corrected chi connectivity index (χ4v) is 2.85. The maximum atomic E-state index is 13.1. The maximum absolute atomic E-state index is 13.1. The molecule has 0 fully saturated rings. The second-order valence-corrected chi connectivity index (χ2v) is 5.96. The van der Waals surface area contributed by atoms with E-state index in [1.54, 1.807) is 0 Å². The summed E-state index contributed by atoms with van der Waals surface area (Å²) in [5, 5.41) is 2.71. The van der Waals surface area contributed by atoms with Gasteiger partial charge in [-0.1, -0.05) is 38.9 Å². The number of rotatable bonds is 3. The van der Waals surface area contributed by atoms with Gasteiger partial charge in [0.15, 0.2) is 21.9 Å². The molecule has 3 N–H and O–H groups in total. The van der Waals surface area contributed by atoms with Crippen LogP contribution in [0, 0.1) is 11.6 Å². The van der Waals surface area contributed by atoms with Gasteiger partial charge in [-0.2, -0.15) is 0 Å². The van der Waals surface area contributed by atoms with Crippen LogP contribution in [0.25, 0.3) is 0 Å². The lowest BCUT2D eigenvalue weighted by Crippen LogP contribution is -2.22. The monoisotopic (exact) mass is 381 g/mol. The van der Waals surface area contributed by atoms with Crippen LogP contribution in [0.2, 0.25) is 5.15 Å². The Morgan fingerprint density at radius 3 is 2.70 bits per heavy atom. The number of benzene rings is 1. The Morgan fingerprint density at radius 2 is 2.10 bits per heavy atom. The van der Waals surface area contributed by atoms with Crippen molar-refractivity contribution < 1.29 is 13.6 Å². The molecule has 0 aliphatic heterocycles. The predicted octanol–water partition coefficient (Wildman–Crippen LogP) is 3.35. The van der Waals surface area contributed by atoms with E-state index in [0.717, 1.165) is 23.5 Å². The lowest BCUT2D eigenvalue weighted by molar-refractivity contribution is 0.0955. The Morgan fingerprint density at radius 1 is 1.45 bits per heavy atom. The van der Waals surface area contributed by atoms with Crippen LogP contribution in [-0.2, 0) is 6.54 Å². The molecule has 1 amide bonds. The zero-order valence-electron chi connectivity index (χ0n) is 9.71. The van der Waals surface area contributed by atoms with Crippen LogP contribution >= 0.6 is 38.9 Å². The highest BCUT2D eigenvalue weighted by atomic mass is 79.9. The highest BCUT2D eigenvalue weighted by Crippen LogP contribution is 2.25. The van der Waals surface area contributed by atoms with Crippen LogP contribution in [0.5, 0.6) is 0 Å². The summed E-state index contributed by atoms with van der Waals surface area (Å²) in [4.78, 5) is 15.7. The van der Waals surface area contributed by atoms with Crippen molar-refractivity contribution in [3.05, 3.63) is 43.8 Å². The molecule has 1 heterocycles. The summed E-state index contributed by atoms with van der Waals surface area (Å²) < 4.78 is 26.4. The summed E-state index contributed by atoms with van der Waals surface area (Å²) in [6.45, 7) is 0.00471. The topological polar surface area (TPSA) is 68.0 Å². The number of aromatic nitrogens is 1. The van der Waals surface area contributed by atoms with Crippen LogP contribution in [0.1, 0.15) is 15.2 Å². The van der Waals surface area contributed by atoms with E-state index in [1.165, 1.54) is 0 Å². The van der Waals surface area contributed by atoms with Crippen molar-refractivity contribution in [3.63, 3.8) is 0 Å². The minimum absolute atomic E-state index is 0.00471. The van der Waals surface area contributed by atoms with E-state index in [2.05, 4.69) is 26.2 Å². The molecule has 2 rings (SSSR count). The number of nitrogens with one attached hydrogen (secondary N) is 1. The normalized spacial score (nSPS) is 10.6. The van der Waals surface area contributed by atoms with Gasteiger partial charge in [0.1, 0.15) is 4.88 Å². The van der Waals surface area contributed by atoms with E-state index < -0.39 is 17.5 Å². The Kier molecular flexibility index (Phi) is 4.56. The molecule has 1 aromatic heterocycles. The van der Waals surface area contributed by atoms with E-state index >= 15 is 0 Å². The number of hydrogen-bond donors (Lipinski definition) is 2. The van der Waals surface area contributed by atoms with Crippen LogP contribution in [0.15, 0.2) is 16.6 Å². The second kappa shape index (κ2) is 6.02. The van der Waals surface area contributed by atoms with Crippen molar-refractivity contribution in [1.82, 2.24) is 10.3 Å². The van der Waals surface area contributed by atoms with Gasteiger partial charge in [-0.25, -0.2) is 13.8 Å². The summed E-state index contributed by atoms with van der Waals surface area (Å²) in [6.07, 6.45) is 0. The van der Waals surface area contributed by atoms with Crippen molar-refractivity contribution in [2.24, 2.45) is 0 Å². The molecule has 0 saturated carbocycles. The molecule has 106 valence electrons. The highest BCUT2D eigenvalue weighted by Gasteiger charge is 2.16. The van der Waals surface area contributed by atoms with Gasteiger partial charge in [0, 0.05) is 11.0 Å². The largest absolute Gasteiger partial charge is 0.375 e. The Labute approximate surface area is 130 Å². The summed E-state index contributed by atoms with van der Waals surface area (Å²) >= 11 is 9.78. The first kappa shape index (κ1) is 15.1. The quantitative estimate of drug-likeness (QED) is 0.800. The number of anilines is 1. The number of nitrogens with two attached hydrogens (primary N) is 1. The van der Waals surface area contributed by atoms with Crippen molar-refractivity contribution in [1.29, 1.82) is 0 Å². The summed E-state index contributed by atoms with van der Waals surface area (Å²) in [5.74, 6) is -2.44. The summed E-state index contributed by atoms with van der Waals surface area (Å²) in [6, 6.07) is 2.00. The van der Waals surface area contributed by atoms with E-state index in [-0.39, 0.29) is 21.7 Å². The number of thiazole rings is 1. The number of nitrogens with zero attached hydrogens (tertiary/aromatic N) is 1. The molecule has 9 heteroatoms. The third-order valence-electron chi connectivity index (χ3n) is 2.34. The van der Waals surface area contributed by atoms with Crippen molar-refractivity contribution in [2.45, 2.75) is 6.54 Å². The maximum Gasteiger partial charge on any atom is 0.264 e. The fourth-order valence-electron chi connectivity index (χ4n) is 1.41. The Balaban J connectivity index is 2.11. The molecule has 0 aliphatic rings. The lowest BCUT2D eigenvalue weighted by Gasteiger charge is -2.07. The Hall–Kier alpha value is -1.25. The van der Waals surface area contributed by atoms with Gasteiger partial charge in [-0.3, -0.25) is 4.79 Å². The lowest BCUT2D eigenvalue weighted by atomic mass is 10.2. The van der Waals surface area contributed by atoms with Gasteiger partial charge in [0.2, 0.25) is 0 Å². The highest BCUT2D eigenvalue weighted by molar-refractivity contribution is 9.10. The fraction of sp³-hybridized carbons (Fsp3) is 0.0909. The third-order valence-corrected chi connectivity index (χ3v) is 4.34.